The topological polar surface area (TPSA) is 61.0 Å². The predicted octanol–water partition coefficient (Wildman–Crippen LogP) is 2.47. The minimum Gasteiger partial charge on any atom is -0.360 e. The van der Waals surface area contributed by atoms with Crippen molar-refractivity contribution in [2.75, 3.05) is 19.6 Å². The molecule has 0 bridgehead atoms. The Hall–Kier alpha value is -2.04. The van der Waals surface area contributed by atoms with Crippen molar-refractivity contribution < 1.29 is 4.79 Å². The summed E-state index contributed by atoms with van der Waals surface area (Å²) in [6, 6.07) is 4.05. The molecule has 106 valence electrons. The number of likely N-dealkylation sites (tertiary alicyclic amines) is 1. The summed E-state index contributed by atoms with van der Waals surface area (Å²) in [7, 11) is 0. The summed E-state index contributed by atoms with van der Waals surface area (Å²) in [5.74, 6) is 0.490. The SMILES string of the molecule is CCNC(=O)N1CCC(c2c[nH]c3cccnc23)CC1. The molecular weight excluding hydrogens is 252 g/mol. The highest BCUT2D eigenvalue weighted by Gasteiger charge is 2.25. The molecule has 1 saturated heterocycles. The molecule has 2 aromatic heterocycles. The predicted molar refractivity (Wildman–Crippen MR) is 78.7 cm³/mol. The van der Waals surface area contributed by atoms with Crippen molar-refractivity contribution in [3.8, 4) is 0 Å². The minimum atomic E-state index is 0.0583. The average Bonchev–Trinajstić information content (AvgIpc) is 2.92. The summed E-state index contributed by atoms with van der Waals surface area (Å²) in [4.78, 5) is 21.5. The fourth-order valence-electron chi connectivity index (χ4n) is 2.94. The number of urea groups is 1. The third kappa shape index (κ3) is 2.35. The van der Waals surface area contributed by atoms with Gasteiger partial charge in [-0.2, -0.15) is 0 Å². The van der Waals surface area contributed by atoms with E-state index in [2.05, 4.69) is 27.5 Å². The van der Waals surface area contributed by atoms with Gasteiger partial charge in [-0.1, -0.05) is 0 Å². The van der Waals surface area contributed by atoms with Crippen molar-refractivity contribution in [3.63, 3.8) is 0 Å². The average molecular weight is 272 g/mol. The zero-order valence-electron chi connectivity index (χ0n) is 11.7. The van der Waals surface area contributed by atoms with Gasteiger partial charge in [-0.3, -0.25) is 4.98 Å². The summed E-state index contributed by atoms with van der Waals surface area (Å²) in [6.07, 6.45) is 5.91. The van der Waals surface area contributed by atoms with Gasteiger partial charge >= 0.3 is 6.03 Å². The zero-order chi connectivity index (χ0) is 13.9. The van der Waals surface area contributed by atoms with Crippen LogP contribution in [-0.2, 0) is 0 Å². The lowest BCUT2D eigenvalue weighted by Gasteiger charge is -2.31. The standard InChI is InChI=1S/C15H20N4O/c1-2-16-15(20)19-8-5-11(6-9-19)12-10-18-13-4-3-7-17-14(12)13/h3-4,7,10-11,18H,2,5-6,8-9H2,1H3,(H,16,20). The van der Waals surface area contributed by atoms with Crippen molar-refractivity contribution in [2.24, 2.45) is 0 Å². The number of carbonyl (C=O) groups is 1. The van der Waals surface area contributed by atoms with Crippen molar-refractivity contribution in [2.45, 2.75) is 25.7 Å². The largest absolute Gasteiger partial charge is 0.360 e. The van der Waals surface area contributed by atoms with Crippen LogP contribution in [0, 0.1) is 0 Å². The van der Waals surface area contributed by atoms with E-state index in [1.165, 1.54) is 5.56 Å². The van der Waals surface area contributed by atoms with E-state index in [1.807, 2.05) is 24.1 Å². The van der Waals surface area contributed by atoms with Gasteiger partial charge in [-0.15, -0.1) is 0 Å². The summed E-state index contributed by atoms with van der Waals surface area (Å²) >= 11 is 0. The van der Waals surface area contributed by atoms with Gasteiger partial charge in [0.05, 0.1) is 11.0 Å². The van der Waals surface area contributed by atoms with Gasteiger partial charge in [0.25, 0.3) is 0 Å². The molecule has 3 heterocycles. The van der Waals surface area contributed by atoms with Gasteiger partial charge in [-0.05, 0) is 43.4 Å². The Kier molecular flexibility index (Phi) is 3.58. The highest BCUT2D eigenvalue weighted by molar-refractivity contribution is 5.79. The van der Waals surface area contributed by atoms with Gasteiger partial charge in [0, 0.05) is 32.0 Å². The molecule has 5 nitrogen and oxygen atoms in total. The van der Waals surface area contributed by atoms with Crippen LogP contribution in [0.5, 0.6) is 0 Å². The molecule has 3 rings (SSSR count). The first-order chi connectivity index (χ1) is 9.79. The fourth-order valence-corrected chi connectivity index (χ4v) is 2.94. The Morgan fingerprint density at radius 2 is 2.30 bits per heavy atom. The third-order valence-corrected chi connectivity index (χ3v) is 4.01. The molecule has 0 spiro atoms. The van der Waals surface area contributed by atoms with E-state index in [4.69, 9.17) is 0 Å². The van der Waals surface area contributed by atoms with Crippen LogP contribution >= 0.6 is 0 Å². The molecule has 0 unspecified atom stereocenters. The van der Waals surface area contributed by atoms with Crippen LogP contribution in [0.1, 0.15) is 31.2 Å². The van der Waals surface area contributed by atoms with Crippen LogP contribution in [0.3, 0.4) is 0 Å². The molecule has 1 fully saturated rings. The molecule has 0 saturated carbocycles. The maximum Gasteiger partial charge on any atom is 0.317 e. The number of piperidine rings is 1. The maximum absolute atomic E-state index is 11.8. The number of nitrogens with zero attached hydrogens (tertiary/aromatic N) is 2. The molecule has 20 heavy (non-hydrogen) atoms. The molecule has 1 aliphatic heterocycles. The molecule has 0 radical (unpaired) electrons. The quantitative estimate of drug-likeness (QED) is 0.882. The van der Waals surface area contributed by atoms with Crippen LogP contribution in [0.25, 0.3) is 11.0 Å². The summed E-state index contributed by atoms with van der Waals surface area (Å²) in [6.45, 7) is 4.26. The Morgan fingerprint density at radius 3 is 3.05 bits per heavy atom. The van der Waals surface area contributed by atoms with Crippen molar-refractivity contribution in [1.82, 2.24) is 20.2 Å². The normalized spacial score (nSPS) is 16.6. The monoisotopic (exact) mass is 272 g/mol. The van der Waals surface area contributed by atoms with Gasteiger partial charge in [0.1, 0.15) is 0 Å². The van der Waals surface area contributed by atoms with Gasteiger partial charge in [-0.25, -0.2) is 4.79 Å². The summed E-state index contributed by atoms with van der Waals surface area (Å²) in [5.41, 5.74) is 3.45. The Morgan fingerprint density at radius 1 is 1.50 bits per heavy atom. The van der Waals surface area contributed by atoms with Crippen LogP contribution < -0.4 is 5.32 Å². The number of rotatable bonds is 2. The molecular formula is C15H20N4O. The first-order valence-corrected chi connectivity index (χ1v) is 7.24. The smallest absolute Gasteiger partial charge is 0.317 e. The second-order valence-corrected chi connectivity index (χ2v) is 5.24. The van der Waals surface area contributed by atoms with Crippen LogP contribution in [0.2, 0.25) is 0 Å². The lowest BCUT2D eigenvalue weighted by atomic mass is 9.90. The highest BCUT2D eigenvalue weighted by Crippen LogP contribution is 2.31. The van der Waals surface area contributed by atoms with E-state index in [9.17, 15) is 4.79 Å². The van der Waals surface area contributed by atoms with E-state index in [0.29, 0.717) is 12.5 Å². The van der Waals surface area contributed by atoms with Crippen molar-refractivity contribution >= 4 is 17.1 Å². The van der Waals surface area contributed by atoms with Crippen molar-refractivity contribution in [3.05, 3.63) is 30.1 Å². The fraction of sp³-hybridized carbons (Fsp3) is 0.467. The van der Waals surface area contributed by atoms with E-state index < -0.39 is 0 Å². The zero-order valence-corrected chi connectivity index (χ0v) is 11.7. The van der Waals surface area contributed by atoms with E-state index in [1.54, 1.807) is 0 Å². The molecule has 2 aromatic rings. The molecule has 0 aliphatic carbocycles. The minimum absolute atomic E-state index is 0.0583. The lowest BCUT2D eigenvalue weighted by Crippen LogP contribution is -2.44. The number of hydrogen-bond donors (Lipinski definition) is 2. The molecule has 2 amide bonds. The van der Waals surface area contributed by atoms with E-state index in [-0.39, 0.29) is 6.03 Å². The van der Waals surface area contributed by atoms with Crippen LogP contribution in [0.4, 0.5) is 4.79 Å². The number of carbonyl (C=O) groups excluding carboxylic acids is 1. The lowest BCUT2D eigenvalue weighted by molar-refractivity contribution is 0.182. The van der Waals surface area contributed by atoms with Gasteiger partial charge < -0.3 is 15.2 Å². The first-order valence-electron chi connectivity index (χ1n) is 7.24. The summed E-state index contributed by atoms with van der Waals surface area (Å²) in [5, 5.41) is 2.86. The molecule has 1 aliphatic rings. The summed E-state index contributed by atoms with van der Waals surface area (Å²) < 4.78 is 0. The molecule has 0 atom stereocenters. The number of nitrogens with one attached hydrogen (secondary N) is 2. The van der Waals surface area contributed by atoms with Crippen molar-refractivity contribution in [1.29, 1.82) is 0 Å². The number of H-pyrrole nitrogens is 1. The van der Waals surface area contributed by atoms with E-state index in [0.717, 1.165) is 37.0 Å². The Balaban J connectivity index is 1.70. The third-order valence-electron chi connectivity index (χ3n) is 4.01. The maximum atomic E-state index is 11.8. The van der Waals surface area contributed by atoms with Gasteiger partial charge in [0.2, 0.25) is 0 Å². The van der Waals surface area contributed by atoms with Gasteiger partial charge in [0.15, 0.2) is 0 Å². The number of pyridine rings is 1. The molecule has 0 aromatic carbocycles. The number of aromatic amines is 1. The molecule has 2 N–H and O–H groups in total. The highest BCUT2D eigenvalue weighted by atomic mass is 16.2. The number of fused-ring (bicyclic) bond motifs is 1. The number of amides is 2. The Bertz CT molecular complexity index is 599. The second kappa shape index (κ2) is 5.53. The number of aromatic nitrogens is 2. The van der Waals surface area contributed by atoms with E-state index >= 15 is 0 Å². The van der Waals surface area contributed by atoms with Crippen LogP contribution in [0.15, 0.2) is 24.5 Å². The van der Waals surface area contributed by atoms with Crippen LogP contribution in [-0.4, -0.2) is 40.5 Å². The Labute approximate surface area is 118 Å². The number of hydrogen-bond acceptors (Lipinski definition) is 2. The molecule has 5 heteroatoms. The first kappa shape index (κ1) is 13.0. The second-order valence-electron chi connectivity index (χ2n) is 5.24.